The fourth-order valence-electron chi connectivity index (χ4n) is 4.05. The molecule has 0 aliphatic carbocycles. The molecular weight excluding hydrogens is 322 g/mol. The Morgan fingerprint density at radius 3 is 2.88 bits per heavy atom. The molecule has 126 valence electrons. The molecule has 0 unspecified atom stereocenters. The van der Waals surface area contributed by atoms with E-state index in [9.17, 15) is 5.26 Å². The molecule has 0 atom stereocenters. The summed E-state index contributed by atoms with van der Waals surface area (Å²) in [5, 5.41) is 11.0. The van der Waals surface area contributed by atoms with Gasteiger partial charge in [-0.25, -0.2) is 0 Å². The van der Waals surface area contributed by atoms with Crippen molar-refractivity contribution in [2.45, 2.75) is 13.0 Å². The van der Waals surface area contributed by atoms with Gasteiger partial charge in [-0.1, -0.05) is 30.3 Å². The van der Waals surface area contributed by atoms with Gasteiger partial charge >= 0.3 is 0 Å². The van der Waals surface area contributed by atoms with Crippen LogP contribution in [0.4, 0.5) is 0 Å². The topological polar surface area (TPSA) is 53.7 Å². The molecule has 0 radical (unpaired) electrons. The van der Waals surface area contributed by atoms with Crippen LogP contribution in [0.15, 0.2) is 54.7 Å². The predicted octanol–water partition coefficient (Wildman–Crippen LogP) is 4.74. The van der Waals surface area contributed by atoms with Gasteiger partial charge in [0.15, 0.2) is 0 Å². The Bertz CT molecular complexity index is 1190. The molecule has 0 bridgehead atoms. The van der Waals surface area contributed by atoms with Crippen LogP contribution < -0.4 is 4.74 Å². The highest BCUT2D eigenvalue weighted by Gasteiger charge is 2.27. The van der Waals surface area contributed by atoms with Crippen molar-refractivity contribution in [1.29, 1.82) is 5.26 Å². The van der Waals surface area contributed by atoms with Gasteiger partial charge < -0.3 is 14.3 Å². The summed E-state index contributed by atoms with van der Waals surface area (Å²) in [4.78, 5) is 3.59. The van der Waals surface area contributed by atoms with Crippen molar-refractivity contribution in [3.63, 3.8) is 0 Å². The zero-order valence-corrected chi connectivity index (χ0v) is 14.4. The minimum Gasteiger partial charge on any atom is -0.497 e. The largest absolute Gasteiger partial charge is 0.497 e. The number of hydrogen-bond donors (Lipinski definition) is 1. The average Bonchev–Trinajstić information content (AvgIpc) is 3.25. The number of ether oxygens (including phenoxy) is 1. The fourth-order valence-corrected chi connectivity index (χ4v) is 4.05. The number of rotatable bonds is 2. The summed E-state index contributed by atoms with van der Waals surface area (Å²) < 4.78 is 7.59. The molecule has 0 fully saturated rings. The van der Waals surface area contributed by atoms with E-state index in [2.05, 4.69) is 33.8 Å². The van der Waals surface area contributed by atoms with Gasteiger partial charge in [-0.3, -0.25) is 0 Å². The fraction of sp³-hybridized carbons (Fsp3) is 0.136. The summed E-state index contributed by atoms with van der Waals surface area (Å²) in [6, 6.07) is 18.7. The highest BCUT2D eigenvalue weighted by atomic mass is 16.5. The maximum absolute atomic E-state index is 9.74. The van der Waals surface area contributed by atoms with Gasteiger partial charge in [-0.15, -0.1) is 0 Å². The van der Waals surface area contributed by atoms with E-state index in [0.717, 1.165) is 46.7 Å². The summed E-state index contributed by atoms with van der Waals surface area (Å²) in [6.07, 6.45) is 2.93. The first-order chi connectivity index (χ1) is 12.8. The van der Waals surface area contributed by atoms with Crippen LogP contribution in [0.2, 0.25) is 0 Å². The highest BCUT2D eigenvalue weighted by Crippen LogP contribution is 2.43. The van der Waals surface area contributed by atoms with Crippen molar-refractivity contribution in [1.82, 2.24) is 9.55 Å². The number of methoxy groups -OCH3 is 1. The Labute approximate surface area is 151 Å². The SMILES string of the molecule is COc1cccc(-c2c(C#N)cn3c2-c2[nH]c4ccccc4c2CC3)c1. The standard InChI is InChI=1S/C22H17N3O/c1-26-16-6-4-5-14(11-16)20-15(12-23)13-25-10-9-18-17-7-2-3-8-19(17)24-21(18)22(20)25/h2-8,11,13,24H,9-10H2,1H3. The second-order valence-electron chi connectivity index (χ2n) is 6.58. The molecule has 0 saturated heterocycles. The van der Waals surface area contributed by atoms with Gasteiger partial charge in [0.1, 0.15) is 11.8 Å². The molecule has 2 aromatic carbocycles. The summed E-state index contributed by atoms with van der Waals surface area (Å²) in [6.45, 7) is 0.878. The number of nitrogens with one attached hydrogen (secondary N) is 1. The number of aromatic amines is 1. The summed E-state index contributed by atoms with van der Waals surface area (Å²) >= 11 is 0. The average molecular weight is 339 g/mol. The number of hydrogen-bond acceptors (Lipinski definition) is 2. The third kappa shape index (κ3) is 2.01. The van der Waals surface area contributed by atoms with Crippen LogP contribution in [-0.4, -0.2) is 16.7 Å². The molecule has 4 nitrogen and oxygen atoms in total. The first-order valence-corrected chi connectivity index (χ1v) is 8.67. The maximum Gasteiger partial charge on any atom is 0.119 e. The van der Waals surface area contributed by atoms with Crippen molar-refractivity contribution in [2.24, 2.45) is 0 Å². The number of H-pyrrole nitrogens is 1. The predicted molar refractivity (Wildman–Crippen MR) is 102 cm³/mol. The van der Waals surface area contributed by atoms with Gasteiger partial charge in [0.05, 0.1) is 24.1 Å². The third-order valence-electron chi connectivity index (χ3n) is 5.21. The minimum atomic E-state index is 0.694. The van der Waals surface area contributed by atoms with E-state index in [1.165, 1.54) is 10.9 Å². The second-order valence-corrected chi connectivity index (χ2v) is 6.58. The summed E-state index contributed by atoms with van der Waals surface area (Å²) in [5.74, 6) is 0.791. The molecule has 26 heavy (non-hydrogen) atoms. The van der Waals surface area contributed by atoms with Gasteiger partial charge in [-0.2, -0.15) is 5.26 Å². The number of benzene rings is 2. The first-order valence-electron chi connectivity index (χ1n) is 8.67. The zero-order valence-electron chi connectivity index (χ0n) is 14.4. The van der Waals surface area contributed by atoms with E-state index >= 15 is 0 Å². The second kappa shape index (κ2) is 5.53. The van der Waals surface area contributed by atoms with E-state index in [0.29, 0.717) is 5.56 Å². The molecule has 4 aromatic rings. The van der Waals surface area contributed by atoms with Crippen LogP contribution in [0, 0.1) is 11.3 Å². The maximum atomic E-state index is 9.74. The Balaban J connectivity index is 1.83. The van der Waals surface area contributed by atoms with Crippen LogP contribution >= 0.6 is 0 Å². The third-order valence-corrected chi connectivity index (χ3v) is 5.21. The molecule has 2 aromatic heterocycles. The van der Waals surface area contributed by atoms with Crippen LogP contribution in [-0.2, 0) is 13.0 Å². The molecule has 1 aliphatic heterocycles. The van der Waals surface area contributed by atoms with Gasteiger partial charge in [-0.05, 0) is 35.7 Å². The van der Waals surface area contributed by atoms with Crippen molar-refractivity contribution in [2.75, 3.05) is 7.11 Å². The molecule has 1 aliphatic rings. The lowest BCUT2D eigenvalue weighted by Crippen LogP contribution is -2.09. The van der Waals surface area contributed by atoms with Gasteiger partial charge in [0.25, 0.3) is 0 Å². The van der Waals surface area contributed by atoms with Crippen molar-refractivity contribution < 1.29 is 4.74 Å². The lowest BCUT2D eigenvalue weighted by molar-refractivity contribution is 0.415. The molecule has 4 heteroatoms. The van der Waals surface area contributed by atoms with Gasteiger partial charge in [0, 0.05) is 29.2 Å². The monoisotopic (exact) mass is 339 g/mol. The molecule has 1 N–H and O–H groups in total. The Morgan fingerprint density at radius 2 is 2.04 bits per heavy atom. The highest BCUT2D eigenvalue weighted by molar-refractivity contribution is 5.95. The Kier molecular flexibility index (Phi) is 3.16. The van der Waals surface area contributed by atoms with Crippen molar-refractivity contribution in [3.8, 4) is 34.3 Å². The van der Waals surface area contributed by atoms with E-state index < -0.39 is 0 Å². The molecule has 5 rings (SSSR count). The number of aromatic nitrogens is 2. The van der Waals surface area contributed by atoms with Crippen molar-refractivity contribution >= 4 is 10.9 Å². The zero-order chi connectivity index (χ0) is 17.7. The van der Waals surface area contributed by atoms with E-state index in [4.69, 9.17) is 4.74 Å². The number of nitrogens with zero attached hydrogens (tertiary/aromatic N) is 2. The van der Waals surface area contributed by atoms with E-state index in [1.54, 1.807) is 7.11 Å². The van der Waals surface area contributed by atoms with Crippen LogP contribution in [0.3, 0.4) is 0 Å². The van der Waals surface area contributed by atoms with Crippen molar-refractivity contribution in [3.05, 3.63) is 65.9 Å². The number of fused-ring (bicyclic) bond motifs is 5. The molecule has 3 heterocycles. The first kappa shape index (κ1) is 14.9. The van der Waals surface area contributed by atoms with E-state index in [-0.39, 0.29) is 0 Å². The Hall–Kier alpha value is -3.45. The van der Waals surface area contributed by atoms with Crippen LogP contribution in [0.5, 0.6) is 5.75 Å². The number of para-hydroxylation sites is 1. The van der Waals surface area contributed by atoms with Crippen LogP contribution in [0.25, 0.3) is 33.4 Å². The minimum absolute atomic E-state index is 0.694. The molecular formula is C22H17N3O. The number of nitriles is 1. The Morgan fingerprint density at radius 1 is 1.15 bits per heavy atom. The quantitative estimate of drug-likeness (QED) is 0.573. The molecule has 0 saturated carbocycles. The van der Waals surface area contributed by atoms with E-state index in [1.807, 2.05) is 36.5 Å². The van der Waals surface area contributed by atoms with Gasteiger partial charge in [0.2, 0.25) is 0 Å². The molecule has 0 amide bonds. The van der Waals surface area contributed by atoms with Crippen LogP contribution in [0.1, 0.15) is 11.1 Å². The summed E-state index contributed by atoms with van der Waals surface area (Å²) in [5.41, 5.74) is 7.35. The summed E-state index contributed by atoms with van der Waals surface area (Å²) in [7, 11) is 1.66. The molecule has 0 spiro atoms. The lowest BCUT2D eigenvalue weighted by Gasteiger charge is -2.18. The smallest absolute Gasteiger partial charge is 0.119 e. The lowest BCUT2D eigenvalue weighted by atomic mass is 9.96. The number of aryl methyl sites for hydroxylation is 2. The normalized spacial score (nSPS) is 12.5.